The van der Waals surface area contributed by atoms with Crippen LogP contribution in [0, 0.1) is 0 Å². The van der Waals surface area contributed by atoms with Crippen LogP contribution in [0.2, 0.25) is 0 Å². The molecular weight excluding hydrogens is 206 g/mol. The van der Waals surface area contributed by atoms with E-state index in [2.05, 4.69) is 5.32 Å². The Labute approximate surface area is 94.2 Å². The molecule has 0 amide bonds. The van der Waals surface area contributed by atoms with Gasteiger partial charge in [0.15, 0.2) is 11.5 Å². The summed E-state index contributed by atoms with van der Waals surface area (Å²) in [6.45, 7) is 1.33. The fraction of sp³-hybridized carbons (Fsp3) is 0.500. The number of hydrogen-bond acceptors (Lipinski definition) is 4. The molecule has 0 aliphatic carbocycles. The number of phenols is 1. The first-order chi connectivity index (χ1) is 7.83. The van der Waals surface area contributed by atoms with Gasteiger partial charge in [-0.2, -0.15) is 0 Å². The van der Waals surface area contributed by atoms with Gasteiger partial charge >= 0.3 is 0 Å². The maximum absolute atomic E-state index is 9.87. The number of rotatable bonds is 2. The van der Waals surface area contributed by atoms with Crippen LogP contribution in [-0.2, 0) is 6.42 Å². The van der Waals surface area contributed by atoms with Gasteiger partial charge in [0.25, 0.3) is 0 Å². The first kappa shape index (κ1) is 9.78. The lowest BCUT2D eigenvalue weighted by molar-refractivity contribution is 0.174. The van der Waals surface area contributed by atoms with E-state index >= 15 is 0 Å². The third kappa shape index (κ3) is 1.69. The average molecular weight is 221 g/mol. The molecule has 1 atom stereocenters. The summed E-state index contributed by atoms with van der Waals surface area (Å²) in [6.07, 6.45) is 3.24. The van der Waals surface area contributed by atoms with Crippen molar-refractivity contribution in [3.63, 3.8) is 0 Å². The largest absolute Gasteiger partial charge is 0.508 e. The monoisotopic (exact) mass is 221 g/mol. The first-order valence-corrected chi connectivity index (χ1v) is 5.68. The van der Waals surface area contributed by atoms with E-state index < -0.39 is 0 Å². The van der Waals surface area contributed by atoms with Gasteiger partial charge in [-0.05, 0) is 37.4 Å². The Kier molecular flexibility index (Phi) is 2.36. The third-order valence-corrected chi connectivity index (χ3v) is 3.20. The molecule has 16 heavy (non-hydrogen) atoms. The van der Waals surface area contributed by atoms with E-state index in [0.717, 1.165) is 24.3 Å². The molecule has 1 fully saturated rings. The summed E-state index contributed by atoms with van der Waals surface area (Å²) in [5, 5.41) is 13.3. The van der Waals surface area contributed by atoms with Crippen LogP contribution in [0.25, 0.3) is 0 Å². The van der Waals surface area contributed by atoms with Crippen LogP contribution in [0.3, 0.4) is 0 Å². The van der Waals surface area contributed by atoms with Crippen molar-refractivity contribution in [2.24, 2.45) is 0 Å². The van der Waals surface area contributed by atoms with Crippen LogP contribution in [0.5, 0.6) is 17.2 Å². The summed E-state index contributed by atoms with van der Waals surface area (Å²) >= 11 is 0. The summed E-state index contributed by atoms with van der Waals surface area (Å²) in [6, 6.07) is 4.01. The van der Waals surface area contributed by atoms with Gasteiger partial charge in [-0.1, -0.05) is 0 Å². The van der Waals surface area contributed by atoms with E-state index in [0.29, 0.717) is 17.5 Å². The Bertz CT molecular complexity index is 399. The van der Waals surface area contributed by atoms with E-state index in [4.69, 9.17) is 9.47 Å². The normalized spacial score (nSPS) is 22.6. The van der Waals surface area contributed by atoms with E-state index in [-0.39, 0.29) is 6.79 Å². The predicted molar refractivity (Wildman–Crippen MR) is 59.0 cm³/mol. The number of hydrogen-bond donors (Lipinski definition) is 2. The molecular formula is C12H15NO3. The zero-order chi connectivity index (χ0) is 11.0. The van der Waals surface area contributed by atoms with Crippen LogP contribution in [-0.4, -0.2) is 24.5 Å². The molecule has 2 N–H and O–H groups in total. The molecule has 3 rings (SSSR count). The minimum absolute atomic E-state index is 0.250. The zero-order valence-electron chi connectivity index (χ0n) is 9.03. The van der Waals surface area contributed by atoms with Gasteiger partial charge in [-0.25, -0.2) is 0 Å². The lowest BCUT2D eigenvalue weighted by atomic mass is 10.0. The van der Waals surface area contributed by atoms with Crippen LogP contribution >= 0.6 is 0 Å². The molecule has 2 heterocycles. The smallest absolute Gasteiger partial charge is 0.231 e. The molecule has 0 bridgehead atoms. The standard InChI is InChI=1S/C12H15NO3/c14-10-6-12-11(15-7-16-12)5-8(10)4-9-2-1-3-13-9/h5-6,9,13-14H,1-4,7H2. The van der Waals surface area contributed by atoms with Gasteiger partial charge < -0.3 is 19.9 Å². The number of benzene rings is 1. The highest BCUT2D eigenvalue weighted by atomic mass is 16.7. The lowest BCUT2D eigenvalue weighted by Crippen LogP contribution is -2.23. The molecule has 2 aliphatic heterocycles. The van der Waals surface area contributed by atoms with Gasteiger partial charge in [-0.3, -0.25) is 0 Å². The number of ether oxygens (including phenoxy) is 2. The predicted octanol–water partition coefficient (Wildman–Crippen LogP) is 1.42. The van der Waals surface area contributed by atoms with Gasteiger partial charge in [-0.15, -0.1) is 0 Å². The van der Waals surface area contributed by atoms with Crippen molar-refractivity contribution in [2.75, 3.05) is 13.3 Å². The lowest BCUT2D eigenvalue weighted by Gasteiger charge is -2.12. The van der Waals surface area contributed by atoms with Gasteiger partial charge in [0, 0.05) is 12.1 Å². The Morgan fingerprint density at radius 1 is 1.31 bits per heavy atom. The molecule has 0 aromatic heterocycles. The van der Waals surface area contributed by atoms with Gasteiger partial charge in [0.2, 0.25) is 6.79 Å². The molecule has 0 saturated carbocycles. The van der Waals surface area contributed by atoms with E-state index in [9.17, 15) is 5.11 Å². The van der Waals surface area contributed by atoms with Crippen molar-refractivity contribution in [3.8, 4) is 17.2 Å². The van der Waals surface area contributed by atoms with Crippen LogP contribution in [0.4, 0.5) is 0 Å². The highest BCUT2D eigenvalue weighted by molar-refractivity contribution is 5.51. The summed E-state index contributed by atoms with van der Waals surface area (Å²) in [4.78, 5) is 0. The Hall–Kier alpha value is -1.42. The van der Waals surface area contributed by atoms with Crippen LogP contribution in [0.15, 0.2) is 12.1 Å². The molecule has 2 aliphatic rings. The first-order valence-electron chi connectivity index (χ1n) is 5.68. The minimum atomic E-state index is 0.250. The van der Waals surface area contributed by atoms with Gasteiger partial charge in [0.1, 0.15) is 5.75 Å². The highest BCUT2D eigenvalue weighted by Crippen LogP contribution is 2.38. The molecule has 1 aromatic rings. The number of phenolic OH excluding ortho intramolecular Hbond substituents is 1. The fourth-order valence-electron chi connectivity index (χ4n) is 2.33. The molecule has 4 heteroatoms. The maximum atomic E-state index is 9.87. The summed E-state index contributed by atoms with van der Waals surface area (Å²) < 4.78 is 10.5. The minimum Gasteiger partial charge on any atom is -0.508 e. The molecule has 0 spiro atoms. The maximum Gasteiger partial charge on any atom is 0.231 e. The quantitative estimate of drug-likeness (QED) is 0.793. The molecule has 1 aromatic carbocycles. The van der Waals surface area contributed by atoms with Crippen molar-refractivity contribution in [3.05, 3.63) is 17.7 Å². The number of nitrogens with one attached hydrogen (secondary N) is 1. The SMILES string of the molecule is Oc1cc2c(cc1CC1CCCN1)OCO2. The van der Waals surface area contributed by atoms with Crippen LogP contribution in [0.1, 0.15) is 18.4 Å². The molecule has 1 saturated heterocycles. The fourth-order valence-corrected chi connectivity index (χ4v) is 2.33. The molecule has 4 nitrogen and oxygen atoms in total. The topological polar surface area (TPSA) is 50.7 Å². The Morgan fingerprint density at radius 3 is 2.88 bits per heavy atom. The molecule has 86 valence electrons. The Balaban J connectivity index is 1.83. The average Bonchev–Trinajstić information content (AvgIpc) is 2.89. The van der Waals surface area contributed by atoms with Crippen molar-refractivity contribution >= 4 is 0 Å². The summed E-state index contributed by atoms with van der Waals surface area (Å²) in [5.74, 6) is 1.68. The van der Waals surface area contributed by atoms with Gasteiger partial charge in [0.05, 0.1) is 0 Å². The number of aromatic hydroxyl groups is 1. The second-order valence-electron chi connectivity index (χ2n) is 4.33. The van der Waals surface area contributed by atoms with E-state index in [1.54, 1.807) is 6.07 Å². The molecule has 0 radical (unpaired) electrons. The number of fused-ring (bicyclic) bond motifs is 1. The Morgan fingerprint density at radius 2 is 2.12 bits per heavy atom. The zero-order valence-corrected chi connectivity index (χ0v) is 9.03. The van der Waals surface area contributed by atoms with Crippen molar-refractivity contribution in [1.82, 2.24) is 5.32 Å². The van der Waals surface area contributed by atoms with Crippen LogP contribution < -0.4 is 14.8 Å². The second-order valence-corrected chi connectivity index (χ2v) is 4.33. The summed E-state index contributed by atoms with van der Waals surface area (Å²) in [7, 11) is 0. The highest BCUT2D eigenvalue weighted by Gasteiger charge is 2.20. The summed E-state index contributed by atoms with van der Waals surface area (Å²) in [5.41, 5.74) is 0.934. The van der Waals surface area contributed by atoms with Crippen molar-refractivity contribution in [2.45, 2.75) is 25.3 Å². The third-order valence-electron chi connectivity index (χ3n) is 3.20. The van der Waals surface area contributed by atoms with Crippen molar-refractivity contribution < 1.29 is 14.6 Å². The van der Waals surface area contributed by atoms with Crippen molar-refractivity contribution in [1.29, 1.82) is 0 Å². The van der Waals surface area contributed by atoms with E-state index in [1.807, 2.05) is 6.07 Å². The molecule has 1 unspecified atom stereocenters. The van der Waals surface area contributed by atoms with E-state index in [1.165, 1.54) is 12.8 Å². The second kappa shape index (κ2) is 3.87.